The second kappa shape index (κ2) is 10.8. The Hall–Kier alpha value is -4.19. The molecule has 11 nitrogen and oxygen atoms in total. The molecule has 0 saturated heterocycles. The van der Waals surface area contributed by atoms with Crippen LogP contribution in [0.25, 0.3) is 0 Å². The number of hydrogen-bond donors (Lipinski definition) is 5. The number of benzene rings is 2. The van der Waals surface area contributed by atoms with Crippen LogP contribution < -0.4 is 10.6 Å². The quantitative estimate of drug-likeness (QED) is 0.300. The number of likely N-dealkylation sites (N-methyl/N-ethyl adjacent to an activating group) is 1. The number of phenols is 1. The van der Waals surface area contributed by atoms with Crippen LogP contribution in [0, 0.1) is 11.8 Å². The van der Waals surface area contributed by atoms with E-state index in [-0.39, 0.29) is 29.7 Å². The van der Waals surface area contributed by atoms with Gasteiger partial charge < -0.3 is 31.1 Å². The van der Waals surface area contributed by atoms with Crippen molar-refractivity contribution in [3.8, 4) is 5.75 Å². The van der Waals surface area contributed by atoms with Gasteiger partial charge in [-0.25, -0.2) is 0 Å². The van der Waals surface area contributed by atoms with Crippen molar-refractivity contribution in [2.24, 2.45) is 17.6 Å². The third-order valence-electron chi connectivity index (χ3n) is 9.00. The minimum absolute atomic E-state index is 0.00935. The number of rotatable bonds is 7. The molecular weight excluding hydrogens is 552 g/mol. The van der Waals surface area contributed by atoms with E-state index in [1.54, 1.807) is 14.1 Å². The molecule has 11 heteroatoms. The van der Waals surface area contributed by atoms with Crippen molar-refractivity contribution < 1.29 is 34.8 Å². The molecule has 1 amide bonds. The predicted molar refractivity (Wildman–Crippen MR) is 160 cm³/mol. The maximum Gasteiger partial charge on any atom is 0.255 e. The Morgan fingerprint density at radius 2 is 1.67 bits per heavy atom. The van der Waals surface area contributed by atoms with Gasteiger partial charge in [0.05, 0.1) is 11.6 Å². The van der Waals surface area contributed by atoms with Crippen LogP contribution in [0.5, 0.6) is 5.75 Å². The molecule has 0 aromatic heterocycles. The SMILES string of the molecule is CN(Cc1ccccc1)Cc1cc(N(C)C)c2c(c1O)C(=O)C1=C(O)[C@]3(O)C(=O)C(C(N)=O)=C(O)[C@@H](N(C)C)[C@@H]3C[C@@H]1C2. The lowest BCUT2D eigenvalue weighted by Gasteiger charge is -2.50. The van der Waals surface area contributed by atoms with Gasteiger partial charge in [0.25, 0.3) is 5.91 Å². The highest BCUT2D eigenvalue weighted by molar-refractivity contribution is 6.25. The number of fused-ring (bicyclic) bond motifs is 3. The highest BCUT2D eigenvalue weighted by Crippen LogP contribution is 2.53. The maximum absolute atomic E-state index is 14.2. The molecule has 0 saturated carbocycles. The van der Waals surface area contributed by atoms with E-state index in [4.69, 9.17) is 5.73 Å². The fourth-order valence-corrected chi connectivity index (χ4v) is 7.11. The summed E-state index contributed by atoms with van der Waals surface area (Å²) in [4.78, 5) is 45.3. The Morgan fingerprint density at radius 1 is 1.02 bits per heavy atom. The van der Waals surface area contributed by atoms with Crippen LogP contribution in [0.4, 0.5) is 5.69 Å². The number of amides is 1. The van der Waals surface area contributed by atoms with Gasteiger partial charge >= 0.3 is 0 Å². The van der Waals surface area contributed by atoms with E-state index in [0.29, 0.717) is 24.2 Å². The molecule has 2 aromatic carbocycles. The average molecular weight is 591 g/mol. The summed E-state index contributed by atoms with van der Waals surface area (Å²) in [5.74, 6) is -6.59. The first-order valence-electron chi connectivity index (χ1n) is 14.1. The van der Waals surface area contributed by atoms with E-state index in [1.165, 1.54) is 4.90 Å². The molecule has 228 valence electrons. The van der Waals surface area contributed by atoms with Gasteiger partial charge in [0.2, 0.25) is 5.78 Å². The number of anilines is 1. The molecule has 3 aliphatic rings. The standard InChI is InChI=1S/C32H38N4O7/c1-34(2)21-13-18(15-36(5)14-16-9-7-6-8-10-16)26(37)23-19(21)11-17-12-20-25(35(3)4)28(39)24(31(33)42)30(41)32(20,43)29(40)22(17)27(23)38/h6-10,13,17,20,25,37,39-40,43H,11-12,14-15H2,1-5H3,(H2,33,42)/t17-,20-,25-,32-/m0/s1. The lowest BCUT2D eigenvalue weighted by atomic mass is 9.58. The highest BCUT2D eigenvalue weighted by Gasteiger charge is 2.63. The van der Waals surface area contributed by atoms with E-state index in [9.17, 15) is 34.8 Å². The molecule has 5 rings (SSSR count). The van der Waals surface area contributed by atoms with Crippen molar-refractivity contribution in [1.29, 1.82) is 0 Å². The topological polar surface area (TPSA) is 168 Å². The summed E-state index contributed by atoms with van der Waals surface area (Å²) in [5, 5.41) is 45.9. The first-order chi connectivity index (χ1) is 20.2. The van der Waals surface area contributed by atoms with Gasteiger partial charge in [0.1, 0.15) is 22.8 Å². The zero-order chi connectivity index (χ0) is 31.5. The number of primary amides is 1. The molecular formula is C32H38N4O7. The molecule has 0 unspecified atom stereocenters. The Kier molecular flexibility index (Phi) is 7.62. The number of nitrogens with two attached hydrogens (primary N) is 1. The van der Waals surface area contributed by atoms with Crippen LogP contribution in [-0.2, 0) is 29.1 Å². The second-order valence-electron chi connectivity index (χ2n) is 12.3. The monoisotopic (exact) mass is 590 g/mol. The lowest BCUT2D eigenvalue weighted by Crippen LogP contribution is -2.63. The van der Waals surface area contributed by atoms with Gasteiger partial charge in [-0.15, -0.1) is 0 Å². The van der Waals surface area contributed by atoms with Crippen molar-refractivity contribution in [2.75, 3.05) is 40.1 Å². The van der Waals surface area contributed by atoms with Crippen LogP contribution in [0.2, 0.25) is 0 Å². The molecule has 6 N–H and O–H groups in total. The third kappa shape index (κ3) is 4.68. The van der Waals surface area contributed by atoms with Crippen LogP contribution in [0.3, 0.4) is 0 Å². The molecule has 4 atom stereocenters. The molecule has 0 heterocycles. The minimum atomic E-state index is -2.67. The fourth-order valence-electron chi connectivity index (χ4n) is 7.11. The normalized spacial score (nSPS) is 25.2. The van der Waals surface area contributed by atoms with E-state index >= 15 is 0 Å². The summed E-state index contributed by atoms with van der Waals surface area (Å²) < 4.78 is 0. The smallest absolute Gasteiger partial charge is 0.255 e. The molecule has 0 aliphatic heterocycles. The van der Waals surface area contributed by atoms with E-state index in [1.807, 2.05) is 67.3 Å². The van der Waals surface area contributed by atoms with Gasteiger partial charge in [-0.3, -0.25) is 24.2 Å². The number of ketones is 2. The summed E-state index contributed by atoms with van der Waals surface area (Å²) in [5.41, 5.74) is 4.67. The lowest BCUT2D eigenvalue weighted by molar-refractivity contribution is -0.148. The number of phenolic OH excluding ortho intramolecular Hbond substituents is 1. The molecule has 2 aromatic rings. The fraction of sp³-hybridized carbons (Fsp3) is 0.406. The number of hydrogen-bond acceptors (Lipinski definition) is 10. The first-order valence-corrected chi connectivity index (χ1v) is 14.1. The number of allylic oxidation sites excluding steroid dienone is 1. The number of nitrogens with zero attached hydrogens (tertiary/aromatic N) is 3. The van der Waals surface area contributed by atoms with Crippen molar-refractivity contribution in [3.05, 3.63) is 81.3 Å². The Labute approximate surface area is 250 Å². The maximum atomic E-state index is 14.2. The van der Waals surface area contributed by atoms with Gasteiger partial charge in [-0.05, 0) is 57.1 Å². The molecule has 0 fully saturated rings. The van der Waals surface area contributed by atoms with E-state index in [0.717, 1.165) is 11.3 Å². The van der Waals surface area contributed by atoms with Crippen LogP contribution in [0.1, 0.15) is 33.5 Å². The van der Waals surface area contributed by atoms with Crippen LogP contribution >= 0.6 is 0 Å². The van der Waals surface area contributed by atoms with E-state index < -0.39 is 58.0 Å². The van der Waals surface area contributed by atoms with Gasteiger partial charge in [0, 0.05) is 49.9 Å². The van der Waals surface area contributed by atoms with Gasteiger partial charge in [-0.2, -0.15) is 0 Å². The Balaban J connectivity index is 1.63. The summed E-state index contributed by atoms with van der Waals surface area (Å²) in [6.45, 7) is 0.917. The molecule has 0 bridgehead atoms. The summed E-state index contributed by atoms with van der Waals surface area (Å²) >= 11 is 0. The third-order valence-corrected chi connectivity index (χ3v) is 9.00. The largest absolute Gasteiger partial charge is 0.510 e. The first kappa shape index (κ1) is 30.3. The van der Waals surface area contributed by atoms with Gasteiger partial charge in [-0.1, -0.05) is 30.3 Å². The predicted octanol–water partition coefficient (Wildman–Crippen LogP) is 1.82. The number of carbonyl (C=O) groups excluding carboxylic acids is 3. The van der Waals surface area contributed by atoms with Crippen molar-refractivity contribution in [1.82, 2.24) is 9.80 Å². The summed E-state index contributed by atoms with van der Waals surface area (Å²) in [6, 6.07) is 10.7. The zero-order valence-electron chi connectivity index (χ0n) is 25.0. The number of aromatic hydroxyl groups is 1. The number of aliphatic hydroxyl groups excluding tert-OH is 2. The summed E-state index contributed by atoms with van der Waals surface area (Å²) in [7, 11) is 8.79. The van der Waals surface area contributed by atoms with Crippen molar-refractivity contribution in [3.63, 3.8) is 0 Å². The number of Topliss-reactive ketones (excluding diaryl/α,β-unsaturated/α-hetero) is 2. The Bertz CT molecular complexity index is 1580. The van der Waals surface area contributed by atoms with Crippen LogP contribution in [-0.4, -0.2) is 94.6 Å². The average Bonchev–Trinajstić information content (AvgIpc) is 2.92. The van der Waals surface area contributed by atoms with E-state index in [2.05, 4.69) is 0 Å². The van der Waals surface area contributed by atoms with Crippen LogP contribution in [0.15, 0.2) is 59.1 Å². The summed E-state index contributed by atoms with van der Waals surface area (Å²) in [6.07, 6.45) is 0.275. The number of carbonyl (C=O) groups is 3. The second-order valence-corrected chi connectivity index (χ2v) is 12.3. The molecule has 3 aliphatic carbocycles. The number of aliphatic hydroxyl groups is 3. The van der Waals surface area contributed by atoms with Gasteiger partial charge in [0.15, 0.2) is 11.4 Å². The van der Waals surface area contributed by atoms with Crippen molar-refractivity contribution in [2.45, 2.75) is 37.6 Å². The molecule has 0 spiro atoms. The molecule has 43 heavy (non-hydrogen) atoms. The van der Waals surface area contributed by atoms with Crippen molar-refractivity contribution >= 4 is 23.2 Å². The zero-order valence-corrected chi connectivity index (χ0v) is 25.0. The molecule has 0 radical (unpaired) electrons. The minimum Gasteiger partial charge on any atom is -0.510 e. The Morgan fingerprint density at radius 3 is 2.26 bits per heavy atom. The highest BCUT2D eigenvalue weighted by atomic mass is 16.3.